The van der Waals surface area contributed by atoms with Crippen LogP contribution in [-0.4, -0.2) is 4.98 Å². The monoisotopic (exact) mass is 208 g/mol. The normalized spacial score (nSPS) is 10.4. The molecule has 0 saturated heterocycles. The Morgan fingerprint density at radius 3 is 2.93 bits per heavy atom. The van der Waals surface area contributed by atoms with Crippen molar-refractivity contribution in [1.29, 1.82) is 0 Å². The van der Waals surface area contributed by atoms with Crippen molar-refractivity contribution in [3.63, 3.8) is 0 Å². The Kier molecular flexibility index (Phi) is 2.52. The second kappa shape index (κ2) is 3.82. The Labute approximate surface area is 86.5 Å². The Hall–Kier alpha value is -1.32. The molecule has 0 spiro atoms. The minimum absolute atomic E-state index is 0.427. The second-order valence-electron chi connectivity index (χ2n) is 2.87. The molecule has 0 aliphatic heterocycles. The van der Waals surface area contributed by atoms with Gasteiger partial charge in [-0.3, -0.25) is 0 Å². The summed E-state index contributed by atoms with van der Waals surface area (Å²) in [6.45, 7) is 0.427. The summed E-state index contributed by atoms with van der Waals surface area (Å²) in [6.07, 6.45) is 3.05. The van der Waals surface area contributed by atoms with Crippen molar-refractivity contribution in [3.8, 4) is 11.3 Å². The topological polar surface area (TPSA) is 52.0 Å². The van der Waals surface area contributed by atoms with E-state index in [4.69, 9.17) is 21.8 Å². The highest BCUT2D eigenvalue weighted by Gasteiger charge is 2.07. The Morgan fingerprint density at radius 1 is 1.43 bits per heavy atom. The average molecular weight is 209 g/mol. The van der Waals surface area contributed by atoms with E-state index in [9.17, 15) is 0 Å². The van der Waals surface area contributed by atoms with Crippen molar-refractivity contribution < 1.29 is 4.42 Å². The maximum Gasteiger partial charge on any atom is 0.181 e. The van der Waals surface area contributed by atoms with Gasteiger partial charge < -0.3 is 10.2 Å². The fourth-order valence-electron chi connectivity index (χ4n) is 1.32. The summed E-state index contributed by atoms with van der Waals surface area (Å²) in [6, 6.07) is 5.52. The van der Waals surface area contributed by atoms with Gasteiger partial charge in [0.05, 0.1) is 6.20 Å². The lowest BCUT2D eigenvalue weighted by Crippen LogP contribution is -1.98. The van der Waals surface area contributed by atoms with Gasteiger partial charge >= 0.3 is 0 Å². The first-order valence-corrected chi connectivity index (χ1v) is 4.56. The molecule has 0 aliphatic carbocycles. The van der Waals surface area contributed by atoms with Crippen molar-refractivity contribution in [2.75, 3.05) is 0 Å². The molecule has 0 radical (unpaired) electrons. The molecular weight excluding hydrogens is 200 g/mol. The largest absolute Gasteiger partial charge is 0.444 e. The lowest BCUT2D eigenvalue weighted by atomic mass is 10.1. The lowest BCUT2D eigenvalue weighted by molar-refractivity contribution is 0.571. The van der Waals surface area contributed by atoms with E-state index in [-0.39, 0.29) is 0 Å². The van der Waals surface area contributed by atoms with E-state index in [0.717, 1.165) is 11.1 Å². The first kappa shape index (κ1) is 9.24. The molecule has 0 amide bonds. The summed E-state index contributed by atoms with van der Waals surface area (Å²) in [4.78, 5) is 3.86. The van der Waals surface area contributed by atoms with E-state index in [1.165, 1.54) is 6.39 Å². The Morgan fingerprint density at radius 2 is 2.29 bits per heavy atom. The predicted octanol–water partition coefficient (Wildman–Crippen LogP) is 2.45. The molecular formula is C10H9ClN2O. The van der Waals surface area contributed by atoms with Crippen molar-refractivity contribution in [2.45, 2.75) is 6.54 Å². The predicted molar refractivity (Wildman–Crippen MR) is 54.8 cm³/mol. The summed E-state index contributed by atoms with van der Waals surface area (Å²) in [5, 5.41) is 0.675. The maximum absolute atomic E-state index is 5.86. The van der Waals surface area contributed by atoms with Crippen molar-refractivity contribution >= 4 is 11.6 Å². The van der Waals surface area contributed by atoms with Crippen LogP contribution in [0.3, 0.4) is 0 Å². The third kappa shape index (κ3) is 1.64. The van der Waals surface area contributed by atoms with Crippen molar-refractivity contribution in [2.24, 2.45) is 5.73 Å². The molecule has 1 aromatic heterocycles. The van der Waals surface area contributed by atoms with Gasteiger partial charge in [-0.05, 0) is 23.8 Å². The molecule has 3 nitrogen and oxygen atoms in total. The zero-order valence-electron chi connectivity index (χ0n) is 7.40. The summed E-state index contributed by atoms with van der Waals surface area (Å²) in [7, 11) is 0. The highest BCUT2D eigenvalue weighted by atomic mass is 35.5. The van der Waals surface area contributed by atoms with E-state index < -0.39 is 0 Å². The van der Waals surface area contributed by atoms with E-state index in [2.05, 4.69) is 4.98 Å². The van der Waals surface area contributed by atoms with Crippen LogP contribution in [0, 0.1) is 0 Å². The SMILES string of the molecule is NCc1cc(Cl)ccc1-c1cnco1. The zero-order valence-corrected chi connectivity index (χ0v) is 8.16. The minimum Gasteiger partial charge on any atom is -0.444 e. The number of hydrogen-bond donors (Lipinski definition) is 1. The van der Waals surface area contributed by atoms with Gasteiger partial charge in [-0.1, -0.05) is 11.6 Å². The van der Waals surface area contributed by atoms with Crippen LogP contribution >= 0.6 is 11.6 Å². The van der Waals surface area contributed by atoms with Gasteiger partial charge in [-0.15, -0.1) is 0 Å². The summed E-state index contributed by atoms with van der Waals surface area (Å²) < 4.78 is 5.19. The second-order valence-corrected chi connectivity index (χ2v) is 3.31. The van der Waals surface area contributed by atoms with Crippen LogP contribution in [0.5, 0.6) is 0 Å². The molecule has 0 saturated carbocycles. The molecule has 0 fully saturated rings. The number of nitrogens with two attached hydrogens (primary N) is 1. The van der Waals surface area contributed by atoms with E-state index in [1.54, 1.807) is 12.3 Å². The first-order valence-electron chi connectivity index (χ1n) is 4.18. The molecule has 1 heterocycles. The van der Waals surface area contributed by atoms with Gasteiger partial charge in [0, 0.05) is 17.1 Å². The van der Waals surface area contributed by atoms with Gasteiger partial charge in [-0.2, -0.15) is 0 Å². The van der Waals surface area contributed by atoms with Crippen LogP contribution in [0.1, 0.15) is 5.56 Å². The zero-order chi connectivity index (χ0) is 9.97. The molecule has 2 aromatic rings. The van der Waals surface area contributed by atoms with E-state index in [1.807, 2.05) is 12.1 Å². The van der Waals surface area contributed by atoms with Crippen LogP contribution in [0.4, 0.5) is 0 Å². The summed E-state index contributed by atoms with van der Waals surface area (Å²) in [5.41, 5.74) is 7.50. The molecule has 2 rings (SSSR count). The molecule has 4 heteroatoms. The molecule has 0 bridgehead atoms. The third-order valence-electron chi connectivity index (χ3n) is 1.98. The first-order chi connectivity index (χ1) is 6.81. The van der Waals surface area contributed by atoms with E-state index in [0.29, 0.717) is 17.3 Å². The fraction of sp³-hybridized carbons (Fsp3) is 0.100. The van der Waals surface area contributed by atoms with Crippen LogP contribution < -0.4 is 5.73 Å². The van der Waals surface area contributed by atoms with Gasteiger partial charge in [0.1, 0.15) is 0 Å². The lowest BCUT2D eigenvalue weighted by Gasteiger charge is -2.04. The Balaban J connectivity index is 2.53. The molecule has 0 atom stereocenters. The summed E-state index contributed by atoms with van der Waals surface area (Å²) >= 11 is 5.86. The number of aromatic nitrogens is 1. The smallest absolute Gasteiger partial charge is 0.181 e. The highest BCUT2D eigenvalue weighted by molar-refractivity contribution is 6.30. The number of hydrogen-bond acceptors (Lipinski definition) is 3. The number of benzene rings is 1. The van der Waals surface area contributed by atoms with Crippen LogP contribution in [0.15, 0.2) is 35.2 Å². The van der Waals surface area contributed by atoms with Crippen molar-refractivity contribution in [3.05, 3.63) is 41.4 Å². The van der Waals surface area contributed by atoms with E-state index >= 15 is 0 Å². The fourth-order valence-corrected chi connectivity index (χ4v) is 1.52. The Bertz CT molecular complexity index is 426. The van der Waals surface area contributed by atoms with Crippen LogP contribution in [-0.2, 0) is 6.54 Å². The third-order valence-corrected chi connectivity index (χ3v) is 2.22. The van der Waals surface area contributed by atoms with Crippen LogP contribution in [0.2, 0.25) is 5.02 Å². The standard InChI is InChI=1S/C10H9ClN2O/c11-8-1-2-9(7(3-8)4-12)10-5-13-6-14-10/h1-3,5-6H,4,12H2. The molecule has 2 N–H and O–H groups in total. The van der Waals surface area contributed by atoms with Crippen LogP contribution in [0.25, 0.3) is 11.3 Å². The van der Waals surface area contributed by atoms with Crippen molar-refractivity contribution in [1.82, 2.24) is 4.98 Å². The van der Waals surface area contributed by atoms with Gasteiger partial charge in [0.15, 0.2) is 12.2 Å². The molecule has 0 aliphatic rings. The number of nitrogens with zero attached hydrogens (tertiary/aromatic N) is 1. The molecule has 72 valence electrons. The van der Waals surface area contributed by atoms with Gasteiger partial charge in [0.2, 0.25) is 0 Å². The molecule has 14 heavy (non-hydrogen) atoms. The highest BCUT2D eigenvalue weighted by Crippen LogP contribution is 2.25. The quantitative estimate of drug-likeness (QED) is 0.825. The summed E-state index contributed by atoms with van der Waals surface area (Å²) in [5.74, 6) is 0.710. The number of halogens is 1. The minimum atomic E-state index is 0.427. The maximum atomic E-state index is 5.86. The molecule has 1 aromatic carbocycles. The number of oxazole rings is 1. The molecule has 0 unspecified atom stereocenters. The number of rotatable bonds is 2. The van der Waals surface area contributed by atoms with Gasteiger partial charge in [0.25, 0.3) is 0 Å². The average Bonchev–Trinajstić information content (AvgIpc) is 2.70. The van der Waals surface area contributed by atoms with Gasteiger partial charge in [-0.25, -0.2) is 4.98 Å².